The minimum Gasteiger partial charge on any atom is -0.497 e. The molecule has 0 radical (unpaired) electrons. The molecule has 0 aliphatic carbocycles. The van der Waals surface area contributed by atoms with Gasteiger partial charge in [0.05, 0.1) is 19.9 Å². The second-order valence-corrected chi connectivity index (χ2v) is 6.08. The van der Waals surface area contributed by atoms with E-state index >= 15 is 0 Å². The summed E-state index contributed by atoms with van der Waals surface area (Å²) in [7, 11) is 3.25. The first-order valence-corrected chi connectivity index (χ1v) is 8.44. The van der Waals surface area contributed by atoms with Crippen molar-refractivity contribution in [2.24, 2.45) is 0 Å². The summed E-state index contributed by atoms with van der Waals surface area (Å²) in [6, 6.07) is 14.7. The molecule has 0 bridgehead atoms. The van der Waals surface area contributed by atoms with Gasteiger partial charge < -0.3 is 9.47 Å². The molecule has 1 heterocycles. The van der Waals surface area contributed by atoms with Crippen LogP contribution < -0.4 is 14.2 Å². The Morgan fingerprint density at radius 1 is 1.12 bits per heavy atom. The minimum absolute atomic E-state index is 0.504. The van der Waals surface area contributed by atoms with E-state index in [1.165, 1.54) is 22.7 Å². The van der Waals surface area contributed by atoms with Crippen molar-refractivity contribution in [1.82, 2.24) is 14.5 Å². The maximum Gasteiger partial charge on any atom is 0.233 e. The highest BCUT2D eigenvalue weighted by Crippen LogP contribution is 2.27. The highest BCUT2D eigenvalue weighted by molar-refractivity contribution is 7.97. The number of halogens is 1. The third kappa shape index (κ3) is 4.12. The summed E-state index contributed by atoms with van der Waals surface area (Å²) in [4.78, 5) is 0.943. The van der Waals surface area contributed by atoms with Crippen LogP contribution in [0.3, 0.4) is 0 Å². The molecule has 1 N–H and O–H groups in total. The van der Waals surface area contributed by atoms with Crippen LogP contribution in [0, 0.1) is 5.95 Å². The van der Waals surface area contributed by atoms with Gasteiger partial charge in [0.15, 0.2) is 0 Å². The van der Waals surface area contributed by atoms with Gasteiger partial charge in [-0.2, -0.15) is 4.39 Å². The molecule has 25 heavy (non-hydrogen) atoms. The molecule has 0 saturated carbocycles. The average molecular weight is 359 g/mol. The van der Waals surface area contributed by atoms with Crippen molar-refractivity contribution in [1.29, 1.82) is 0 Å². The monoisotopic (exact) mass is 359 g/mol. The SMILES string of the molecule is COc1ccc(CNSc2ccccc2-n2ccc(F)n2)c(OC)c1. The molecule has 0 atom stereocenters. The van der Waals surface area contributed by atoms with Gasteiger partial charge in [-0.25, -0.2) is 4.68 Å². The number of nitrogens with one attached hydrogen (secondary N) is 1. The lowest BCUT2D eigenvalue weighted by molar-refractivity contribution is 0.391. The van der Waals surface area contributed by atoms with Gasteiger partial charge >= 0.3 is 0 Å². The van der Waals surface area contributed by atoms with E-state index in [1.807, 2.05) is 42.5 Å². The lowest BCUT2D eigenvalue weighted by Gasteiger charge is -2.12. The molecule has 7 heteroatoms. The molecule has 0 saturated heterocycles. The summed E-state index contributed by atoms with van der Waals surface area (Å²) in [5, 5.41) is 3.83. The van der Waals surface area contributed by atoms with E-state index < -0.39 is 5.95 Å². The van der Waals surface area contributed by atoms with Crippen molar-refractivity contribution in [3.63, 3.8) is 0 Å². The maximum absolute atomic E-state index is 13.2. The largest absolute Gasteiger partial charge is 0.497 e. The van der Waals surface area contributed by atoms with Crippen LogP contribution >= 0.6 is 11.9 Å². The molecule has 0 aliphatic rings. The van der Waals surface area contributed by atoms with Crippen LogP contribution in [0.2, 0.25) is 0 Å². The second-order valence-electron chi connectivity index (χ2n) is 5.15. The van der Waals surface area contributed by atoms with Gasteiger partial charge in [0.1, 0.15) is 11.5 Å². The summed E-state index contributed by atoms with van der Waals surface area (Å²) in [5.74, 6) is 1.00. The van der Waals surface area contributed by atoms with Gasteiger partial charge in [0.25, 0.3) is 0 Å². The van der Waals surface area contributed by atoms with Crippen molar-refractivity contribution in [2.45, 2.75) is 11.4 Å². The highest BCUT2D eigenvalue weighted by Gasteiger charge is 2.09. The van der Waals surface area contributed by atoms with Crippen LogP contribution in [0.15, 0.2) is 59.6 Å². The standard InChI is InChI=1S/C18H18FN3O2S/c1-23-14-8-7-13(16(11-14)24-2)12-20-25-17-6-4-3-5-15(17)22-10-9-18(19)21-22/h3-11,20H,12H2,1-2H3. The summed E-state index contributed by atoms with van der Waals surface area (Å²) in [5.41, 5.74) is 1.82. The normalized spacial score (nSPS) is 10.7. The predicted molar refractivity (Wildman–Crippen MR) is 95.8 cm³/mol. The number of methoxy groups -OCH3 is 2. The van der Waals surface area contributed by atoms with Gasteiger partial charge in [-0.15, -0.1) is 5.10 Å². The smallest absolute Gasteiger partial charge is 0.233 e. The van der Waals surface area contributed by atoms with Crippen LogP contribution in [-0.2, 0) is 6.54 Å². The van der Waals surface area contributed by atoms with Crippen molar-refractivity contribution >= 4 is 11.9 Å². The van der Waals surface area contributed by atoms with Crippen molar-refractivity contribution in [3.8, 4) is 17.2 Å². The quantitative estimate of drug-likeness (QED) is 0.650. The Balaban J connectivity index is 1.71. The van der Waals surface area contributed by atoms with E-state index in [1.54, 1.807) is 20.4 Å². The molecule has 0 amide bonds. The zero-order valence-electron chi connectivity index (χ0n) is 13.9. The highest BCUT2D eigenvalue weighted by atomic mass is 32.2. The molecule has 0 aliphatic heterocycles. The number of para-hydroxylation sites is 1. The Bertz CT molecular complexity index is 854. The van der Waals surface area contributed by atoms with Crippen LogP contribution in [0.1, 0.15) is 5.56 Å². The molecule has 3 aromatic rings. The van der Waals surface area contributed by atoms with Crippen LogP contribution in [0.4, 0.5) is 4.39 Å². The second kappa shape index (κ2) is 8.04. The lowest BCUT2D eigenvalue weighted by atomic mass is 10.2. The fraction of sp³-hybridized carbons (Fsp3) is 0.167. The van der Waals surface area contributed by atoms with E-state index in [9.17, 15) is 4.39 Å². The van der Waals surface area contributed by atoms with Crippen LogP contribution in [0.25, 0.3) is 5.69 Å². The predicted octanol–water partition coefficient (Wildman–Crippen LogP) is 3.83. The van der Waals surface area contributed by atoms with E-state index in [0.717, 1.165) is 27.6 Å². The van der Waals surface area contributed by atoms with Crippen molar-refractivity contribution in [3.05, 3.63) is 66.2 Å². The van der Waals surface area contributed by atoms with Gasteiger partial charge in [-0.3, -0.25) is 4.72 Å². The fourth-order valence-electron chi connectivity index (χ4n) is 2.36. The number of aromatic nitrogens is 2. The molecular formula is C18H18FN3O2S. The zero-order valence-corrected chi connectivity index (χ0v) is 14.7. The van der Waals surface area contributed by atoms with E-state index in [-0.39, 0.29) is 0 Å². The van der Waals surface area contributed by atoms with Crippen molar-refractivity contribution < 1.29 is 13.9 Å². The number of hydrogen-bond donors (Lipinski definition) is 1. The number of benzene rings is 2. The first-order chi connectivity index (χ1) is 12.2. The maximum atomic E-state index is 13.2. The third-order valence-corrected chi connectivity index (χ3v) is 4.46. The Hall–Kier alpha value is -2.51. The van der Waals surface area contributed by atoms with E-state index in [0.29, 0.717) is 6.54 Å². The van der Waals surface area contributed by atoms with Crippen LogP contribution in [-0.4, -0.2) is 24.0 Å². The number of ether oxygens (including phenoxy) is 2. The fourth-order valence-corrected chi connectivity index (χ4v) is 3.15. The molecule has 130 valence electrons. The molecular weight excluding hydrogens is 341 g/mol. The van der Waals surface area contributed by atoms with Crippen molar-refractivity contribution in [2.75, 3.05) is 14.2 Å². The summed E-state index contributed by atoms with van der Waals surface area (Å²) < 4.78 is 28.6. The average Bonchev–Trinajstić information content (AvgIpc) is 3.08. The van der Waals surface area contributed by atoms with Gasteiger partial charge in [0.2, 0.25) is 5.95 Å². The molecule has 2 aromatic carbocycles. The molecule has 1 aromatic heterocycles. The Kier molecular flexibility index (Phi) is 5.57. The molecule has 0 fully saturated rings. The van der Waals surface area contributed by atoms with Gasteiger partial charge in [0, 0.05) is 35.3 Å². The van der Waals surface area contributed by atoms with Crippen LogP contribution in [0.5, 0.6) is 11.5 Å². The summed E-state index contributed by atoms with van der Waals surface area (Å²) >= 11 is 1.46. The first-order valence-electron chi connectivity index (χ1n) is 7.62. The number of nitrogens with zero attached hydrogens (tertiary/aromatic N) is 2. The van der Waals surface area contributed by atoms with E-state index in [2.05, 4.69) is 9.82 Å². The van der Waals surface area contributed by atoms with E-state index in [4.69, 9.17) is 9.47 Å². The Morgan fingerprint density at radius 3 is 2.68 bits per heavy atom. The minimum atomic E-state index is -0.504. The topological polar surface area (TPSA) is 48.3 Å². The lowest BCUT2D eigenvalue weighted by Crippen LogP contribution is -2.06. The van der Waals surface area contributed by atoms with Gasteiger partial charge in [-0.05, 0) is 30.1 Å². The molecule has 0 unspecified atom stereocenters. The molecule has 3 rings (SSSR count). The third-order valence-electron chi connectivity index (χ3n) is 3.61. The first kappa shape index (κ1) is 17.3. The van der Waals surface area contributed by atoms with Gasteiger partial charge in [-0.1, -0.05) is 18.2 Å². The Labute approximate surface area is 149 Å². The zero-order chi connectivity index (χ0) is 17.6. The Morgan fingerprint density at radius 2 is 1.96 bits per heavy atom. The number of rotatable bonds is 7. The summed E-state index contributed by atoms with van der Waals surface area (Å²) in [6.45, 7) is 0.597. The summed E-state index contributed by atoms with van der Waals surface area (Å²) in [6.07, 6.45) is 1.60. The molecule has 5 nitrogen and oxygen atoms in total. The molecule has 0 spiro atoms. The number of hydrogen-bond acceptors (Lipinski definition) is 5.